The van der Waals surface area contributed by atoms with Crippen molar-refractivity contribution in [2.24, 2.45) is 5.92 Å². The topological polar surface area (TPSA) is 34.1 Å². The summed E-state index contributed by atoms with van der Waals surface area (Å²) in [6.45, 7) is 0. The van der Waals surface area contributed by atoms with Gasteiger partial charge >= 0.3 is 0 Å². The van der Waals surface area contributed by atoms with Crippen molar-refractivity contribution < 1.29 is 9.59 Å². The van der Waals surface area contributed by atoms with Crippen LogP contribution in [0.5, 0.6) is 0 Å². The minimum absolute atomic E-state index is 0.236. The highest BCUT2D eigenvalue weighted by Crippen LogP contribution is 2.35. The first-order chi connectivity index (χ1) is 7.85. The molecule has 84 valence electrons. The summed E-state index contributed by atoms with van der Waals surface area (Å²) in [5, 5.41) is 0. The third kappa shape index (κ3) is 2.21. The summed E-state index contributed by atoms with van der Waals surface area (Å²) in [6.07, 6.45) is 5.97. The highest BCUT2D eigenvalue weighted by atomic mass is 16.1. The smallest absolute Gasteiger partial charge is 0.150 e. The molecule has 0 amide bonds. The number of aldehydes is 2. The Balaban J connectivity index is 2.13. The summed E-state index contributed by atoms with van der Waals surface area (Å²) in [4.78, 5) is 21.6. The van der Waals surface area contributed by atoms with Gasteiger partial charge in [0.25, 0.3) is 0 Å². The minimum atomic E-state index is 0.236. The molecule has 0 unspecified atom stereocenters. The second-order valence-electron chi connectivity index (χ2n) is 4.49. The Hall–Kier alpha value is -1.44. The van der Waals surface area contributed by atoms with Crippen LogP contribution in [0.3, 0.4) is 0 Å². The summed E-state index contributed by atoms with van der Waals surface area (Å²) in [6, 6.07) is 7.78. The molecule has 1 fully saturated rings. The molecule has 1 aromatic carbocycles. The first-order valence-electron chi connectivity index (χ1n) is 5.84. The van der Waals surface area contributed by atoms with E-state index in [1.165, 1.54) is 0 Å². The summed E-state index contributed by atoms with van der Waals surface area (Å²) in [5.41, 5.74) is 1.96. The predicted octanol–water partition coefficient (Wildman–Crippen LogP) is 2.97. The minimum Gasteiger partial charge on any atom is -0.303 e. The number of hydrogen-bond acceptors (Lipinski definition) is 2. The Morgan fingerprint density at radius 1 is 1.00 bits per heavy atom. The summed E-state index contributed by atoms with van der Waals surface area (Å²) in [5.74, 6) is 0.692. The number of carbonyl (C=O) groups is 2. The van der Waals surface area contributed by atoms with Crippen LogP contribution in [0.15, 0.2) is 24.3 Å². The molecule has 0 aromatic heterocycles. The molecule has 0 spiro atoms. The number of hydrogen-bond donors (Lipinski definition) is 0. The van der Waals surface area contributed by atoms with E-state index >= 15 is 0 Å². The molecule has 1 saturated carbocycles. The van der Waals surface area contributed by atoms with Gasteiger partial charge in [-0.25, -0.2) is 0 Å². The van der Waals surface area contributed by atoms with E-state index in [1.54, 1.807) is 0 Å². The zero-order valence-corrected chi connectivity index (χ0v) is 9.26. The van der Waals surface area contributed by atoms with E-state index < -0.39 is 0 Å². The quantitative estimate of drug-likeness (QED) is 0.728. The number of rotatable bonds is 3. The fourth-order valence-electron chi connectivity index (χ4n) is 2.56. The van der Waals surface area contributed by atoms with Crippen molar-refractivity contribution in [1.29, 1.82) is 0 Å². The van der Waals surface area contributed by atoms with E-state index in [-0.39, 0.29) is 5.92 Å². The van der Waals surface area contributed by atoms with Gasteiger partial charge in [-0.2, -0.15) is 0 Å². The van der Waals surface area contributed by atoms with Crippen molar-refractivity contribution in [1.82, 2.24) is 0 Å². The Labute approximate surface area is 95.7 Å². The largest absolute Gasteiger partial charge is 0.303 e. The lowest BCUT2D eigenvalue weighted by molar-refractivity contribution is -0.111. The molecule has 1 aliphatic carbocycles. The fourth-order valence-corrected chi connectivity index (χ4v) is 2.56. The molecule has 0 radical (unpaired) electrons. The molecule has 1 aliphatic rings. The van der Waals surface area contributed by atoms with Crippen molar-refractivity contribution in [2.45, 2.75) is 31.6 Å². The van der Waals surface area contributed by atoms with Crippen LogP contribution in [-0.2, 0) is 4.79 Å². The average Bonchev–Trinajstić information content (AvgIpc) is 2.39. The van der Waals surface area contributed by atoms with Crippen LogP contribution in [-0.4, -0.2) is 12.6 Å². The van der Waals surface area contributed by atoms with Crippen molar-refractivity contribution in [2.75, 3.05) is 0 Å². The van der Waals surface area contributed by atoms with Crippen LogP contribution in [0, 0.1) is 5.92 Å². The van der Waals surface area contributed by atoms with Crippen LogP contribution in [0.25, 0.3) is 0 Å². The van der Waals surface area contributed by atoms with Gasteiger partial charge in [0.05, 0.1) is 0 Å². The van der Waals surface area contributed by atoms with Crippen molar-refractivity contribution in [3.05, 3.63) is 35.4 Å². The maximum Gasteiger partial charge on any atom is 0.150 e. The maximum atomic E-state index is 10.9. The Bertz CT molecular complexity index is 376. The van der Waals surface area contributed by atoms with E-state index in [0.717, 1.165) is 49.4 Å². The Kier molecular flexibility index (Phi) is 3.50. The lowest BCUT2D eigenvalue weighted by atomic mass is 9.78. The molecular formula is C14H16O2. The summed E-state index contributed by atoms with van der Waals surface area (Å²) < 4.78 is 0. The summed E-state index contributed by atoms with van der Waals surface area (Å²) in [7, 11) is 0. The van der Waals surface area contributed by atoms with Crippen molar-refractivity contribution >= 4 is 12.6 Å². The molecular weight excluding hydrogens is 200 g/mol. The average molecular weight is 216 g/mol. The van der Waals surface area contributed by atoms with E-state index in [9.17, 15) is 9.59 Å². The normalized spacial score (nSPS) is 25.0. The van der Waals surface area contributed by atoms with Crippen molar-refractivity contribution in [3.8, 4) is 0 Å². The molecule has 1 aromatic rings. The molecule has 0 heterocycles. The third-order valence-electron chi connectivity index (χ3n) is 3.53. The van der Waals surface area contributed by atoms with Gasteiger partial charge in [0.15, 0.2) is 0 Å². The first-order valence-corrected chi connectivity index (χ1v) is 5.84. The van der Waals surface area contributed by atoms with Crippen LogP contribution >= 0.6 is 0 Å². The standard InChI is InChI=1S/C14H16O2/c15-9-11-5-7-12(8-6-11)14-4-2-1-3-13(14)10-16/h1-4,9-12H,5-8H2. The van der Waals surface area contributed by atoms with Crippen LogP contribution in [0.1, 0.15) is 47.5 Å². The highest BCUT2D eigenvalue weighted by molar-refractivity contribution is 5.77. The lowest BCUT2D eigenvalue weighted by Gasteiger charge is -2.26. The zero-order valence-electron chi connectivity index (χ0n) is 9.26. The molecule has 0 bridgehead atoms. The van der Waals surface area contributed by atoms with Gasteiger partial charge in [-0.15, -0.1) is 0 Å². The molecule has 16 heavy (non-hydrogen) atoms. The Morgan fingerprint density at radius 3 is 2.31 bits per heavy atom. The van der Waals surface area contributed by atoms with Crippen LogP contribution in [0.4, 0.5) is 0 Å². The number of benzene rings is 1. The lowest BCUT2D eigenvalue weighted by Crippen LogP contribution is -2.15. The molecule has 2 rings (SSSR count). The second kappa shape index (κ2) is 5.06. The van der Waals surface area contributed by atoms with Crippen molar-refractivity contribution in [3.63, 3.8) is 0 Å². The van der Waals surface area contributed by atoms with Gasteiger partial charge in [-0.3, -0.25) is 4.79 Å². The molecule has 0 saturated heterocycles. The van der Waals surface area contributed by atoms with E-state index in [2.05, 4.69) is 0 Å². The predicted molar refractivity (Wildman–Crippen MR) is 62.6 cm³/mol. The number of carbonyl (C=O) groups excluding carboxylic acids is 2. The second-order valence-corrected chi connectivity index (χ2v) is 4.49. The third-order valence-corrected chi connectivity index (χ3v) is 3.53. The molecule has 0 N–H and O–H groups in total. The maximum absolute atomic E-state index is 10.9. The van der Waals surface area contributed by atoms with Gasteiger partial charge in [0.1, 0.15) is 12.6 Å². The fraction of sp³-hybridized carbons (Fsp3) is 0.429. The van der Waals surface area contributed by atoms with E-state index in [4.69, 9.17) is 0 Å². The molecule has 0 aliphatic heterocycles. The van der Waals surface area contributed by atoms with Gasteiger partial charge in [-0.1, -0.05) is 24.3 Å². The zero-order chi connectivity index (χ0) is 11.4. The van der Waals surface area contributed by atoms with E-state index in [1.807, 2.05) is 24.3 Å². The first kappa shape index (κ1) is 11.1. The van der Waals surface area contributed by atoms with Crippen LogP contribution < -0.4 is 0 Å². The Morgan fingerprint density at radius 2 is 1.69 bits per heavy atom. The van der Waals surface area contributed by atoms with E-state index in [0.29, 0.717) is 5.92 Å². The van der Waals surface area contributed by atoms with Gasteiger partial charge < -0.3 is 4.79 Å². The SMILES string of the molecule is O=Cc1ccccc1C1CCC(C=O)CC1. The molecule has 2 heteroatoms. The monoisotopic (exact) mass is 216 g/mol. The summed E-state index contributed by atoms with van der Waals surface area (Å²) >= 11 is 0. The molecule has 2 nitrogen and oxygen atoms in total. The van der Waals surface area contributed by atoms with Gasteiger partial charge in [0.2, 0.25) is 0 Å². The highest BCUT2D eigenvalue weighted by Gasteiger charge is 2.23. The van der Waals surface area contributed by atoms with Gasteiger partial charge in [-0.05, 0) is 37.2 Å². The van der Waals surface area contributed by atoms with Gasteiger partial charge in [0, 0.05) is 11.5 Å². The van der Waals surface area contributed by atoms with Crippen LogP contribution in [0.2, 0.25) is 0 Å². The molecule has 0 atom stereocenters.